The van der Waals surface area contributed by atoms with Gasteiger partial charge in [-0.05, 0) is 66.8 Å². The normalized spacial score (nSPS) is 17.0. The van der Waals surface area contributed by atoms with Crippen molar-refractivity contribution in [2.24, 2.45) is 0 Å². The summed E-state index contributed by atoms with van der Waals surface area (Å²) < 4.78 is 28.8. The fourth-order valence-corrected chi connectivity index (χ4v) is 6.62. The second-order valence-electron chi connectivity index (χ2n) is 5.12. The lowest BCUT2D eigenvalue weighted by Gasteiger charge is -2.33. The van der Waals surface area contributed by atoms with Crippen molar-refractivity contribution in [3.8, 4) is 0 Å². The van der Waals surface area contributed by atoms with E-state index in [2.05, 4.69) is 21.2 Å². The van der Waals surface area contributed by atoms with Crippen LogP contribution in [0.2, 0.25) is 0 Å². The van der Waals surface area contributed by atoms with Gasteiger partial charge in [0.05, 0.1) is 3.79 Å². The molecule has 1 aliphatic heterocycles. The van der Waals surface area contributed by atoms with Gasteiger partial charge in [0.25, 0.3) is 10.0 Å². The number of rotatable bonds is 5. The van der Waals surface area contributed by atoms with Crippen molar-refractivity contribution in [1.29, 1.82) is 0 Å². The molecule has 0 bridgehead atoms. The molecule has 4 nitrogen and oxygen atoms in total. The summed E-state index contributed by atoms with van der Waals surface area (Å²) in [6.45, 7) is 6.34. The summed E-state index contributed by atoms with van der Waals surface area (Å²) >= 11 is 4.73. The Hall–Kier alpha value is 0.340. The van der Waals surface area contributed by atoms with Gasteiger partial charge < -0.3 is 5.32 Å². The van der Waals surface area contributed by atoms with E-state index in [0.29, 0.717) is 10.8 Å². The van der Waals surface area contributed by atoms with E-state index in [1.54, 1.807) is 10.4 Å². The van der Waals surface area contributed by atoms with E-state index in [0.717, 1.165) is 41.7 Å². The number of sulfonamides is 1. The molecule has 0 spiro atoms. The molecule has 0 radical (unpaired) electrons. The lowest BCUT2D eigenvalue weighted by molar-refractivity contribution is 0.263. The highest BCUT2D eigenvalue weighted by molar-refractivity contribution is 9.11. The van der Waals surface area contributed by atoms with Gasteiger partial charge in [0, 0.05) is 12.6 Å². The zero-order valence-electron chi connectivity index (χ0n) is 12.3. The first kappa shape index (κ1) is 19.4. The Kier molecular flexibility index (Phi) is 7.63. The Labute approximate surface area is 145 Å². The third-order valence-corrected chi connectivity index (χ3v) is 8.10. The molecule has 0 aliphatic carbocycles. The molecule has 21 heavy (non-hydrogen) atoms. The van der Waals surface area contributed by atoms with Gasteiger partial charge in [-0.1, -0.05) is 6.92 Å². The number of hydrogen-bond donors (Lipinski definition) is 1. The molecule has 0 atom stereocenters. The maximum atomic E-state index is 12.9. The van der Waals surface area contributed by atoms with Gasteiger partial charge >= 0.3 is 0 Å². The molecule has 8 heteroatoms. The standard InChI is InChI=1S/C13H21BrN2O2S2.ClH/c1-3-8-16(11-4-6-15-7-5-11)20(17,18)12-9-10(2)13(14)19-12;/h9,11,15H,3-8H2,1-2H3;1H. The molecule has 1 aromatic rings. The van der Waals surface area contributed by atoms with E-state index in [9.17, 15) is 8.42 Å². The SMILES string of the molecule is CCCN(C1CCNCC1)S(=O)(=O)c1cc(C)c(Br)s1.Cl. The van der Waals surface area contributed by atoms with Crippen molar-refractivity contribution >= 4 is 49.7 Å². The van der Waals surface area contributed by atoms with E-state index in [-0.39, 0.29) is 18.4 Å². The maximum absolute atomic E-state index is 12.9. The molecule has 1 aromatic heterocycles. The van der Waals surface area contributed by atoms with Gasteiger partial charge in [-0.25, -0.2) is 8.42 Å². The minimum absolute atomic E-state index is 0. The molecule has 0 amide bonds. The molecule has 1 saturated heterocycles. The minimum Gasteiger partial charge on any atom is -0.317 e. The lowest BCUT2D eigenvalue weighted by Crippen LogP contribution is -2.46. The van der Waals surface area contributed by atoms with Crippen molar-refractivity contribution in [3.63, 3.8) is 0 Å². The second-order valence-corrected chi connectivity index (χ2v) is 9.61. The van der Waals surface area contributed by atoms with Crippen molar-refractivity contribution in [1.82, 2.24) is 9.62 Å². The number of halogens is 2. The van der Waals surface area contributed by atoms with E-state index in [1.165, 1.54) is 11.3 Å². The molecular formula is C13H22BrClN2O2S2. The first-order chi connectivity index (χ1) is 9.46. The monoisotopic (exact) mass is 416 g/mol. The summed E-state index contributed by atoms with van der Waals surface area (Å²) in [4.78, 5) is 0. The average Bonchev–Trinajstić information content (AvgIpc) is 2.77. The van der Waals surface area contributed by atoms with Gasteiger partial charge in [-0.3, -0.25) is 0 Å². The van der Waals surface area contributed by atoms with Gasteiger partial charge in [0.1, 0.15) is 4.21 Å². The number of thiophene rings is 1. The second kappa shape index (κ2) is 8.26. The summed E-state index contributed by atoms with van der Waals surface area (Å²) in [6.07, 6.45) is 2.63. The number of nitrogens with zero attached hydrogens (tertiary/aromatic N) is 1. The smallest absolute Gasteiger partial charge is 0.252 e. The van der Waals surface area contributed by atoms with Crippen LogP contribution in [0.25, 0.3) is 0 Å². The molecular weight excluding hydrogens is 396 g/mol. The van der Waals surface area contributed by atoms with Crippen LogP contribution in [-0.4, -0.2) is 38.4 Å². The van der Waals surface area contributed by atoms with E-state index < -0.39 is 10.0 Å². The highest BCUT2D eigenvalue weighted by Gasteiger charge is 2.32. The van der Waals surface area contributed by atoms with Crippen LogP contribution < -0.4 is 5.32 Å². The molecule has 122 valence electrons. The van der Waals surface area contributed by atoms with Crippen LogP contribution in [-0.2, 0) is 10.0 Å². The fraction of sp³-hybridized carbons (Fsp3) is 0.692. The highest BCUT2D eigenvalue weighted by atomic mass is 79.9. The number of piperidine rings is 1. The van der Waals surface area contributed by atoms with Crippen LogP contribution in [0.4, 0.5) is 0 Å². The summed E-state index contributed by atoms with van der Waals surface area (Å²) in [5, 5.41) is 3.29. The zero-order valence-corrected chi connectivity index (χ0v) is 16.3. The van der Waals surface area contributed by atoms with Gasteiger partial charge in [0.15, 0.2) is 0 Å². The predicted molar refractivity (Wildman–Crippen MR) is 94.1 cm³/mol. The maximum Gasteiger partial charge on any atom is 0.252 e. The topological polar surface area (TPSA) is 49.4 Å². The lowest BCUT2D eigenvalue weighted by atomic mass is 10.1. The average molecular weight is 418 g/mol. The van der Waals surface area contributed by atoms with Gasteiger partial charge in [-0.2, -0.15) is 4.31 Å². The van der Waals surface area contributed by atoms with Crippen LogP contribution in [0.1, 0.15) is 31.7 Å². The Morgan fingerprint density at radius 1 is 1.43 bits per heavy atom. The van der Waals surface area contributed by atoms with Crippen LogP contribution in [0, 0.1) is 6.92 Å². The Morgan fingerprint density at radius 3 is 2.52 bits per heavy atom. The summed E-state index contributed by atoms with van der Waals surface area (Å²) in [7, 11) is -3.37. The number of aryl methyl sites for hydroxylation is 1. The third kappa shape index (κ3) is 4.42. The quantitative estimate of drug-likeness (QED) is 0.799. The van der Waals surface area contributed by atoms with E-state index in [4.69, 9.17) is 0 Å². The zero-order chi connectivity index (χ0) is 14.8. The minimum atomic E-state index is -3.37. The van der Waals surface area contributed by atoms with Crippen molar-refractivity contribution < 1.29 is 8.42 Å². The van der Waals surface area contributed by atoms with E-state index >= 15 is 0 Å². The van der Waals surface area contributed by atoms with Crippen LogP contribution >= 0.6 is 39.7 Å². The third-order valence-electron chi connectivity index (χ3n) is 3.56. The first-order valence-electron chi connectivity index (χ1n) is 6.95. The summed E-state index contributed by atoms with van der Waals surface area (Å²) in [6, 6.07) is 1.90. The Morgan fingerprint density at radius 2 is 2.05 bits per heavy atom. The van der Waals surface area contributed by atoms with Gasteiger partial charge in [-0.15, -0.1) is 23.7 Å². The summed E-state index contributed by atoms with van der Waals surface area (Å²) in [5.41, 5.74) is 0.982. The molecule has 2 heterocycles. The molecule has 1 N–H and O–H groups in total. The first-order valence-corrected chi connectivity index (χ1v) is 10.00. The number of hydrogen-bond acceptors (Lipinski definition) is 4. The highest BCUT2D eigenvalue weighted by Crippen LogP contribution is 2.33. The van der Waals surface area contributed by atoms with Crippen molar-refractivity contribution in [3.05, 3.63) is 15.4 Å². The fourth-order valence-electron chi connectivity index (χ4n) is 2.49. The van der Waals surface area contributed by atoms with Crippen LogP contribution in [0.15, 0.2) is 14.1 Å². The number of nitrogens with one attached hydrogen (secondary N) is 1. The predicted octanol–water partition coefficient (Wildman–Crippen LogP) is 3.39. The largest absolute Gasteiger partial charge is 0.317 e. The molecule has 0 saturated carbocycles. The van der Waals surface area contributed by atoms with Crippen molar-refractivity contribution in [2.45, 2.75) is 43.4 Å². The summed E-state index contributed by atoms with van der Waals surface area (Å²) in [5.74, 6) is 0. The molecule has 2 rings (SSSR count). The molecule has 1 fully saturated rings. The van der Waals surface area contributed by atoms with E-state index in [1.807, 2.05) is 13.8 Å². The Bertz CT molecular complexity index is 537. The molecule has 0 aromatic carbocycles. The molecule has 0 unspecified atom stereocenters. The van der Waals surface area contributed by atoms with Gasteiger partial charge in [0.2, 0.25) is 0 Å². The molecule has 1 aliphatic rings. The van der Waals surface area contributed by atoms with Crippen LogP contribution in [0.5, 0.6) is 0 Å². The van der Waals surface area contributed by atoms with Crippen molar-refractivity contribution in [2.75, 3.05) is 19.6 Å². The Balaban J connectivity index is 0.00000220. The van der Waals surface area contributed by atoms with Crippen LogP contribution in [0.3, 0.4) is 0 Å².